The molecular formula is C17H15F3O3. The monoisotopic (exact) mass is 324 g/mol. The molecule has 1 N–H and O–H groups in total. The van der Waals surface area contributed by atoms with E-state index in [1.54, 1.807) is 0 Å². The van der Waals surface area contributed by atoms with Crippen LogP contribution < -0.4 is 0 Å². The Labute approximate surface area is 131 Å². The molecule has 1 atom stereocenters. The van der Waals surface area contributed by atoms with Crippen LogP contribution in [0.5, 0.6) is 5.75 Å². The van der Waals surface area contributed by atoms with Crippen LogP contribution >= 0.6 is 0 Å². The minimum absolute atomic E-state index is 0.0841. The van der Waals surface area contributed by atoms with E-state index in [0.29, 0.717) is 18.4 Å². The second-order valence-electron chi connectivity index (χ2n) is 5.89. The Hall–Kier alpha value is -2.16. The van der Waals surface area contributed by atoms with Crippen molar-refractivity contribution in [2.75, 3.05) is 0 Å². The van der Waals surface area contributed by atoms with Crippen LogP contribution in [-0.2, 0) is 21.6 Å². The minimum atomic E-state index is -4.90. The molecule has 3 rings (SSSR count). The lowest BCUT2D eigenvalue weighted by Gasteiger charge is -2.34. The van der Waals surface area contributed by atoms with Gasteiger partial charge in [-0.2, -0.15) is 13.2 Å². The van der Waals surface area contributed by atoms with Crippen molar-refractivity contribution in [2.24, 2.45) is 5.92 Å². The van der Waals surface area contributed by atoms with Crippen LogP contribution in [0.3, 0.4) is 0 Å². The van der Waals surface area contributed by atoms with Gasteiger partial charge in [0.1, 0.15) is 5.75 Å². The fourth-order valence-electron chi connectivity index (χ4n) is 2.62. The molecule has 6 heteroatoms. The van der Waals surface area contributed by atoms with Gasteiger partial charge in [0.15, 0.2) is 0 Å². The standard InChI is InChI=1S/C17H15F3O3/c18-17(19,20)16(9-8-11-4-5-11)14-10-13(21)7-6-12(14)2-1-3-15(22)23-16/h6-7,10-11,21H,1-5H2. The second-order valence-corrected chi connectivity index (χ2v) is 5.89. The fraction of sp³-hybridized carbons (Fsp3) is 0.471. The van der Waals surface area contributed by atoms with Gasteiger partial charge in [0.2, 0.25) is 0 Å². The molecule has 2 aliphatic rings. The summed E-state index contributed by atoms with van der Waals surface area (Å²) in [4.78, 5) is 11.8. The summed E-state index contributed by atoms with van der Waals surface area (Å²) in [6, 6.07) is 3.77. The van der Waals surface area contributed by atoms with Crippen LogP contribution in [0.1, 0.15) is 36.8 Å². The summed E-state index contributed by atoms with van der Waals surface area (Å²) in [7, 11) is 0. The Morgan fingerprint density at radius 2 is 2.00 bits per heavy atom. The maximum Gasteiger partial charge on any atom is 0.445 e. The zero-order chi connectivity index (χ0) is 16.7. The molecule has 3 nitrogen and oxygen atoms in total. The van der Waals surface area contributed by atoms with E-state index in [1.165, 1.54) is 12.1 Å². The number of hydrogen-bond donors (Lipinski definition) is 1. The summed E-state index contributed by atoms with van der Waals surface area (Å²) in [6.07, 6.45) is -2.80. The number of phenolic OH excluding ortho intramolecular Hbond substituents is 1. The van der Waals surface area contributed by atoms with Crippen molar-refractivity contribution < 1.29 is 27.8 Å². The highest BCUT2D eigenvalue weighted by Gasteiger charge is 2.60. The highest BCUT2D eigenvalue weighted by Crippen LogP contribution is 2.46. The van der Waals surface area contributed by atoms with E-state index in [9.17, 15) is 23.1 Å². The second kappa shape index (κ2) is 5.48. The number of carbonyl (C=O) groups is 1. The Balaban J connectivity index is 2.23. The molecule has 1 saturated carbocycles. The third-order valence-corrected chi connectivity index (χ3v) is 4.00. The average Bonchev–Trinajstić information content (AvgIpc) is 3.26. The van der Waals surface area contributed by atoms with Crippen LogP contribution in [0.15, 0.2) is 18.2 Å². The van der Waals surface area contributed by atoms with E-state index in [2.05, 4.69) is 11.8 Å². The third kappa shape index (κ3) is 3.00. The Morgan fingerprint density at radius 1 is 1.26 bits per heavy atom. The number of esters is 1. The molecule has 1 aliphatic carbocycles. The number of cyclic esters (lactones) is 1. The van der Waals surface area contributed by atoms with Crippen LogP contribution in [-0.4, -0.2) is 17.3 Å². The number of phenols is 1. The lowest BCUT2D eigenvalue weighted by atomic mass is 9.85. The largest absolute Gasteiger partial charge is 0.508 e. The average molecular weight is 324 g/mol. The molecule has 1 unspecified atom stereocenters. The van der Waals surface area contributed by atoms with Gasteiger partial charge in [-0.25, -0.2) is 0 Å². The van der Waals surface area contributed by atoms with Crippen molar-refractivity contribution in [2.45, 2.75) is 43.9 Å². The van der Waals surface area contributed by atoms with Gasteiger partial charge in [0.05, 0.1) is 0 Å². The van der Waals surface area contributed by atoms with Crippen molar-refractivity contribution in [1.29, 1.82) is 0 Å². The summed E-state index contributed by atoms with van der Waals surface area (Å²) in [5.74, 6) is 3.43. The third-order valence-electron chi connectivity index (χ3n) is 4.00. The Bertz CT molecular complexity index is 695. The van der Waals surface area contributed by atoms with Crippen LogP contribution in [0.25, 0.3) is 0 Å². The molecule has 0 saturated heterocycles. The zero-order valence-corrected chi connectivity index (χ0v) is 12.2. The van der Waals surface area contributed by atoms with Crippen molar-refractivity contribution >= 4 is 5.97 Å². The maximum absolute atomic E-state index is 13.9. The van der Waals surface area contributed by atoms with Gasteiger partial charge < -0.3 is 9.84 Å². The lowest BCUT2D eigenvalue weighted by Crippen LogP contribution is -2.46. The van der Waals surface area contributed by atoms with E-state index >= 15 is 0 Å². The zero-order valence-electron chi connectivity index (χ0n) is 12.2. The van der Waals surface area contributed by atoms with E-state index in [-0.39, 0.29) is 23.7 Å². The first kappa shape index (κ1) is 15.7. The molecule has 1 heterocycles. The number of benzene rings is 1. The molecule has 0 spiro atoms. The predicted molar refractivity (Wildman–Crippen MR) is 75.4 cm³/mol. The Morgan fingerprint density at radius 3 is 2.65 bits per heavy atom. The van der Waals surface area contributed by atoms with Gasteiger partial charge in [-0.1, -0.05) is 12.0 Å². The molecule has 122 valence electrons. The van der Waals surface area contributed by atoms with Gasteiger partial charge in [0.25, 0.3) is 5.60 Å². The molecule has 1 aliphatic heterocycles. The molecule has 1 aromatic rings. The molecule has 0 bridgehead atoms. The highest BCUT2D eigenvalue weighted by atomic mass is 19.4. The van der Waals surface area contributed by atoms with E-state index < -0.39 is 17.7 Å². The van der Waals surface area contributed by atoms with E-state index in [0.717, 1.165) is 18.9 Å². The van der Waals surface area contributed by atoms with Crippen LogP contribution in [0.4, 0.5) is 13.2 Å². The number of alkyl halides is 3. The number of aryl methyl sites for hydroxylation is 1. The minimum Gasteiger partial charge on any atom is -0.508 e. The molecular weight excluding hydrogens is 309 g/mol. The quantitative estimate of drug-likeness (QED) is 0.587. The number of fused-ring (bicyclic) bond motifs is 1. The smallest absolute Gasteiger partial charge is 0.445 e. The summed E-state index contributed by atoms with van der Waals surface area (Å²) in [5, 5.41) is 9.65. The molecule has 0 amide bonds. The van der Waals surface area contributed by atoms with Crippen LogP contribution in [0.2, 0.25) is 0 Å². The SMILES string of the molecule is O=C1CCCc2ccc(O)cc2C(C#CC2CC2)(C(F)(F)F)O1. The van der Waals surface area contributed by atoms with Crippen molar-refractivity contribution in [3.8, 4) is 17.6 Å². The molecule has 0 radical (unpaired) electrons. The molecule has 1 fully saturated rings. The lowest BCUT2D eigenvalue weighted by molar-refractivity contribution is -0.254. The summed E-state index contributed by atoms with van der Waals surface area (Å²) in [5.41, 5.74) is -2.91. The van der Waals surface area contributed by atoms with Crippen molar-refractivity contribution in [3.63, 3.8) is 0 Å². The number of hydrogen-bond acceptors (Lipinski definition) is 3. The van der Waals surface area contributed by atoms with Gasteiger partial charge in [-0.05, 0) is 49.3 Å². The molecule has 0 aromatic heterocycles. The van der Waals surface area contributed by atoms with E-state index in [1.807, 2.05) is 0 Å². The maximum atomic E-state index is 13.9. The Kier molecular flexibility index (Phi) is 3.75. The summed E-state index contributed by atoms with van der Waals surface area (Å²) in [6.45, 7) is 0. The van der Waals surface area contributed by atoms with Crippen molar-refractivity contribution in [1.82, 2.24) is 0 Å². The van der Waals surface area contributed by atoms with Crippen LogP contribution in [0, 0.1) is 17.8 Å². The van der Waals surface area contributed by atoms with E-state index in [4.69, 9.17) is 4.74 Å². The van der Waals surface area contributed by atoms with Gasteiger partial charge in [0, 0.05) is 17.9 Å². The van der Waals surface area contributed by atoms with Gasteiger partial charge in [-0.3, -0.25) is 4.79 Å². The summed E-state index contributed by atoms with van der Waals surface area (Å²) >= 11 is 0. The molecule has 1 aromatic carbocycles. The van der Waals surface area contributed by atoms with Gasteiger partial charge in [-0.15, -0.1) is 0 Å². The number of rotatable bonds is 0. The topological polar surface area (TPSA) is 46.5 Å². The van der Waals surface area contributed by atoms with Gasteiger partial charge >= 0.3 is 12.1 Å². The van der Waals surface area contributed by atoms with Crippen molar-refractivity contribution in [3.05, 3.63) is 29.3 Å². The predicted octanol–water partition coefficient (Wildman–Crippen LogP) is 3.44. The highest BCUT2D eigenvalue weighted by molar-refractivity contribution is 5.71. The number of halogens is 3. The normalized spacial score (nSPS) is 24.6. The molecule has 23 heavy (non-hydrogen) atoms. The number of aromatic hydroxyl groups is 1. The number of carbonyl (C=O) groups excluding carboxylic acids is 1. The first-order valence-corrected chi connectivity index (χ1v) is 7.45. The fourth-order valence-corrected chi connectivity index (χ4v) is 2.62. The first-order chi connectivity index (χ1) is 10.8. The summed E-state index contributed by atoms with van der Waals surface area (Å²) < 4.78 is 46.6. The number of ether oxygens (including phenoxy) is 1. The first-order valence-electron chi connectivity index (χ1n) is 7.45.